The van der Waals surface area contributed by atoms with Gasteiger partial charge in [-0.2, -0.15) is 0 Å². The van der Waals surface area contributed by atoms with Crippen LogP contribution in [-0.4, -0.2) is 37.1 Å². The number of aromatic nitrogens is 1. The van der Waals surface area contributed by atoms with Crippen molar-refractivity contribution in [3.63, 3.8) is 0 Å². The van der Waals surface area contributed by atoms with Crippen molar-refractivity contribution >= 4 is 49.4 Å². The first-order valence-electron chi connectivity index (χ1n) is 13.5. The average Bonchev–Trinajstić information content (AvgIpc) is 3.60. The molecule has 13 heteroatoms. The third-order valence-electron chi connectivity index (χ3n) is 7.22. The maximum Gasteiger partial charge on any atom is 0.301 e. The number of rotatable bonds is 9. The van der Waals surface area contributed by atoms with E-state index in [1.807, 2.05) is 43.3 Å². The van der Waals surface area contributed by atoms with Crippen LogP contribution in [0.2, 0.25) is 0 Å². The summed E-state index contributed by atoms with van der Waals surface area (Å²) in [5.41, 5.74) is 6.23. The Morgan fingerprint density at radius 1 is 1.02 bits per heavy atom. The van der Waals surface area contributed by atoms with Gasteiger partial charge in [-0.15, -0.1) is 0 Å². The first-order valence-corrected chi connectivity index (χ1v) is 15.8. The number of non-ortho nitro benzene ring substituents is 1. The van der Waals surface area contributed by atoms with E-state index in [1.165, 1.54) is 12.0 Å². The minimum absolute atomic E-state index is 0.00237. The molecule has 1 aliphatic rings. The van der Waals surface area contributed by atoms with Gasteiger partial charge in [0.25, 0.3) is 11.5 Å². The van der Waals surface area contributed by atoms with E-state index in [2.05, 4.69) is 24.3 Å². The molecule has 1 aromatic heterocycles. The first-order chi connectivity index (χ1) is 20.9. The first kappa shape index (κ1) is 30.7. The molecule has 1 N–H and O–H groups in total. The molecule has 0 bridgehead atoms. The second-order valence-electron chi connectivity index (χ2n) is 10.4. The van der Waals surface area contributed by atoms with E-state index in [0.717, 1.165) is 52.9 Å². The van der Waals surface area contributed by atoms with Crippen molar-refractivity contribution in [2.75, 3.05) is 12.0 Å². The average molecular weight is 633 g/mol. The summed E-state index contributed by atoms with van der Waals surface area (Å²) >= 11 is 0.725. The number of sulfone groups is 1. The Morgan fingerprint density at radius 2 is 1.66 bits per heavy atom. The van der Waals surface area contributed by atoms with E-state index in [9.17, 15) is 28.1 Å². The van der Waals surface area contributed by atoms with Crippen LogP contribution in [0.1, 0.15) is 48.1 Å². The number of anilines is 1. The van der Waals surface area contributed by atoms with Gasteiger partial charge in [0.15, 0.2) is 5.13 Å². The van der Waals surface area contributed by atoms with E-state index in [-0.39, 0.29) is 31.4 Å². The number of hydrogen-bond acceptors (Lipinski definition) is 10. The fraction of sp³-hybridized carbons (Fsp3) is 0.194. The molecule has 0 saturated carbocycles. The van der Waals surface area contributed by atoms with Crippen LogP contribution in [0, 0.1) is 17.0 Å². The second kappa shape index (κ2) is 12.1. The van der Waals surface area contributed by atoms with Crippen LogP contribution in [-0.2, 0) is 24.3 Å². The number of nitro groups is 1. The minimum atomic E-state index is -4.14. The molecule has 3 aromatic carbocycles. The van der Waals surface area contributed by atoms with Crippen LogP contribution in [0.5, 0.6) is 0 Å². The Balaban J connectivity index is 1.66. The monoisotopic (exact) mass is 632 g/mol. The quantitative estimate of drug-likeness (QED) is 0.109. The van der Waals surface area contributed by atoms with Crippen LogP contribution < -0.4 is 10.4 Å². The number of ketones is 1. The Hall–Kier alpha value is -4.72. The molecule has 5 rings (SSSR count). The number of hydroxylamine groups is 1. The summed E-state index contributed by atoms with van der Waals surface area (Å²) in [5, 5.41) is 11.0. The molecule has 0 radical (unpaired) electrons. The zero-order valence-corrected chi connectivity index (χ0v) is 25.8. The predicted molar refractivity (Wildman–Crippen MR) is 165 cm³/mol. The third-order valence-corrected chi connectivity index (χ3v) is 10.5. The maximum atomic E-state index is 13.8. The van der Waals surface area contributed by atoms with Gasteiger partial charge < -0.3 is 0 Å². The number of aryl methyl sites for hydroxylation is 1. The number of benzene rings is 3. The van der Waals surface area contributed by atoms with Crippen molar-refractivity contribution in [1.29, 1.82) is 0 Å². The zero-order chi connectivity index (χ0) is 31.8. The molecule has 0 aliphatic carbocycles. The highest BCUT2D eigenvalue weighted by molar-refractivity contribution is 7.93. The summed E-state index contributed by atoms with van der Waals surface area (Å²) in [4.78, 5) is 48.5. The number of thiazole rings is 1. The van der Waals surface area contributed by atoms with Crippen molar-refractivity contribution < 1.29 is 27.8 Å². The molecule has 4 aromatic rings. The molecule has 1 fully saturated rings. The zero-order valence-electron chi connectivity index (χ0n) is 24.2. The van der Waals surface area contributed by atoms with Gasteiger partial charge >= 0.3 is 5.91 Å². The summed E-state index contributed by atoms with van der Waals surface area (Å²) in [6, 6.07) is 18.4. The molecular formula is C31H28N4O7S2. The van der Waals surface area contributed by atoms with E-state index in [4.69, 9.17) is 4.84 Å². The van der Waals surface area contributed by atoms with Crippen molar-refractivity contribution in [3.05, 3.63) is 117 Å². The highest BCUT2D eigenvalue weighted by atomic mass is 32.2. The number of nitro benzene ring substituents is 1. The normalized spacial score (nSPS) is 16.5. The van der Waals surface area contributed by atoms with Crippen molar-refractivity contribution in [2.45, 2.75) is 41.8 Å². The Bertz CT molecular complexity index is 1880. The number of nitrogens with one attached hydrogen (secondary N) is 1. The summed E-state index contributed by atoms with van der Waals surface area (Å²) < 4.78 is 26.6. The number of Topliss-reactive ketones (excluding diaryl/α,β-unsaturated/α-hetero) is 1. The van der Waals surface area contributed by atoms with Gasteiger partial charge in [0, 0.05) is 17.7 Å². The lowest BCUT2D eigenvalue weighted by atomic mass is 9.92. The summed E-state index contributed by atoms with van der Waals surface area (Å²) in [6.45, 7) is 6.03. The number of amides is 1. The van der Waals surface area contributed by atoms with Gasteiger partial charge in [-0.1, -0.05) is 79.3 Å². The SMILES string of the molecule is CON/C(=C1/C(=O)C(=O)N(c2ncc(S(=O)(=O)c3ccc([N+](=O)[O-])cc3)s2)C1c1ccc(C(C)C)cc1)c1ccc(C)cc1. The van der Waals surface area contributed by atoms with E-state index in [0.29, 0.717) is 16.8 Å². The molecule has 2 heterocycles. The summed E-state index contributed by atoms with van der Waals surface area (Å²) in [7, 11) is -2.74. The number of hydrogen-bond donors (Lipinski definition) is 1. The lowest BCUT2D eigenvalue weighted by Gasteiger charge is -2.24. The molecule has 11 nitrogen and oxygen atoms in total. The number of carbonyl (C=O) groups excluding carboxylic acids is 2. The second-order valence-corrected chi connectivity index (χ2v) is 13.6. The fourth-order valence-electron chi connectivity index (χ4n) is 4.86. The molecule has 1 saturated heterocycles. The lowest BCUT2D eigenvalue weighted by Crippen LogP contribution is -2.29. The van der Waals surface area contributed by atoms with Gasteiger partial charge in [-0.3, -0.25) is 34.9 Å². The largest absolute Gasteiger partial charge is 0.301 e. The maximum absolute atomic E-state index is 13.8. The Labute approximate surface area is 257 Å². The van der Waals surface area contributed by atoms with Crippen molar-refractivity contribution in [3.8, 4) is 0 Å². The van der Waals surface area contributed by atoms with Gasteiger partial charge in [0.05, 0.1) is 40.4 Å². The van der Waals surface area contributed by atoms with Gasteiger partial charge in [-0.05, 0) is 36.1 Å². The molecule has 1 aliphatic heterocycles. The molecule has 1 atom stereocenters. The predicted octanol–water partition coefficient (Wildman–Crippen LogP) is 5.54. The standard InChI is InChI=1S/C31H28N4O7S2/c1-18(2)20-9-11-22(12-10-20)28-26(27(33-42-4)21-7-5-19(3)6-8-21)29(36)30(37)34(28)31-32-17-25(43-31)44(40,41)24-15-13-23(14-16-24)35(38)39/h5-18,28,33H,1-4H3/b27-26+. The molecule has 226 valence electrons. The lowest BCUT2D eigenvalue weighted by molar-refractivity contribution is -0.384. The Kier molecular flexibility index (Phi) is 8.46. The topological polar surface area (TPSA) is 149 Å². The van der Waals surface area contributed by atoms with E-state index < -0.39 is 32.5 Å². The molecule has 0 spiro atoms. The van der Waals surface area contributed by atoms with Crippen LogP contribution in [0.15, 0.2) is 93.7 Å². The van der Waals surface area contributed by atoms with Crippen LogP contribution in [0.4, 0.5) is 10.8 Å². The van der Waals surface area contributed by atoms with Gasteiger partial charge in [0.2, 0.25) is 9.84 Å². The van der Waals surface area contributed by atoms with Crippen LogP contribution in [0.25, 0.3) is 5.70 Å². The smallest absolute Gasteiger partial charge is 0.283 e. The van der Waals surface area contributed by atoms with Crippen LogP contribution in [0.3, 0.4) is 0 Å². The highest BCUT2D eigenvalue weighted by Gasteiger charge is 2.48. The summed E-state index contributed by atoms with van der Waals surface area (Å²) in [5.74, 6) is -1.43. The number of carbonyl (C=O) groups is 2. The van der Waals surface area contributed by atoms with Crippen LogP contribution >= 0.6 is 11.3 Å². The van der Waals surface area contributed by atoms with Crippen molar-refractivity contribution in [2.24, 2.45) is 0 Å². The highest BCUT2D eigenvalue weighted by Crippen LogP contribution is 2.44. The van der Waals surface area contributed by atoms with Gasteiger partial charge in [0.1, 0.15) is 4.21 Å². The van der Waals surface area contributed by atoms with E-state index in [1.54, 1.807) is 12.1 Å². The summed E-state index contributed by atoms with van der Waals surface area (Å²) in [6.07, 6.45) is 1.11. The molecule has 1 amide bonds. The Morgan fingerprint density at radius 3 is 2.23 bits per heavy atom. The van der Waals surface area contributed by atoms with E-state index >= 15 is 0 Å². The number of nitrogens with zero attached hydrogens (tertiary/aromatic N) is 3. The third kappa shape index (κ3) is 5.64. The minimum Gasteiger partial charge on any atom is -0.283 e. The van der Waals surface area contributed by atoms with Gasteiger partial charge in [-0.25, -0.2) is 13.4 Å². The molecule has 1 unspecified atom stereocenters. The van der Waals surface area contributed by atoms with Crippen molar-refractivity contribution in [1.82, 2.24) is 10.5 Å². The molecular weight excluding hydrogens is 604 g/mol. The molecule has 44 heavy (non-hydrogen) atoms. The fourth-order valence-corrected chi connectivity index (χ4v) is 7.41.